The normalized spacial score (nSPS) is 16.0. The van der Waals surface area contributed by atoms with Crippen molar-refractivity contribution in [3.8, 4) is 0 Å². The van der Waals surface area contributed by atoms with Crippen LogP contribution in [0.25, 0.3) is 0 Å². The van der Waals surface area contributed by atoms with Crippen molar-refractivity contribution in [3.63, 3.8) is 0 Å². The zero-order valence-electron chi connectivity index (χ0n) is 14.5. The number of amides is 1. The van der Waals surface area contributed by atoms with Crippen molar-refractivity contribution in [2.45, 2.75) is 33.1 Å². The molecule has 2 N–H and O–H groups in total. The number of hydrogen-bond acceptors (Lipinski definition) is 3. The van der Waals surface area contributed by atoms with E-state index in [1.807, 2.05) is 7.05 Å². The van der Waals surface area contributed by atoms with Crippen LogP contribution in [-0.2, 0) is 11.2 Å². The van der Waals surface area contributed by atoms with Gasteiger partial charge in [-0.05, 0) is 69.9 Å². The molecule has 0 bridgehead atoms. The summed E-state index contributed by atoms with van der Waals surface area (Å²) in [5.41, 5.74) is 3.35. The lowest BCUT2D eigenvalue weighted by molar-refractivity contribution is -0.117. The standard InChI is InChI=1S/C18H29N3O.ClH/c1-4-16-7-5-6-14(2)18(16)20-17(22)13-21-10-8-15(9-11-21)12-19-3;/h5-7,15,19H,4,8-13H2,1-3H3,(H,20,22);1H. The fraction of sp³-hybridized carbons (Fsp3) is 0.611. The average Bonchev–Trinajstić information content (AvgIpc) is 2.51. The number of nitrogens with one attached hydrogen (secondary N) is 2. The van der Waals surface area contributed by atoms with Crippen LogP contribution < -0.4 is 10.6 Å². The lowest BCUT2D eigenvalue weighted by atomic mass is 9.97. The summed E-state index contributed by atoms with van der Waals surface area (Å²) in [4.78, 5) is 14.6. The fourth-order valence-corrected chi connectivity index (χ4v) is 3.22. The molecule has 0 radical (unpaired) electrons. The van der Waals surface area contributed by atoms with Crippen LogP contribution >= 0.6 is 12.4 Å². The van der Waals surface area contributed by atoms with E-state index in [0.29, 0.717) is 6.54 Å². The second-order valence-corrected chi connectivity index (χ2v) is 6.29. The molecule has 1 fully saturated rings. The van der Waals surface area contributed by atoms with Gasteiger partial charge in [0.15, 0.2) is 0 Å². The number of carbonyl (C=O) groups excluding carboxylic acids is 1. The number of halogens is 1. The van der Waals surface area contributed by atoms with Crippen LogP contribution in [0.4, 0.5) is 5.69 Å². The predicted molar refractivity (Wildman–Crippen MR) is 99.5 cm³/mol. The van der Waals surface area contributed by atoms with Gasteiger partial charge in [-0.1, -0.05) is 25.1 Å². The molecule has 1 heterocycles. The summed E-state index contributed by atoms with van der Waals surface area (Å²) < 4.78 is 0. The predicted octanol–water partition coefficient (Wildman–Crippen LogP) is 2.85. The zero-order chi connectivity index (χ0) is 15.9. The Morgan fingerprint density at radius 1 is 1.30 bits per heavy atom. The van der Waals surface area contributed by atoms with Gasteiger partial charge < -0.3 is 10.6 Å². The average molecular weight is 340 g/mol. The van der Waals surface area contributed by atoms with Crippen LogP contribution in [0.1, 0.15) is 30.9 Å². The Morgan fingerprint density at radius 2 is 2.00 bits per heavy atom. The number of rotatable bonds is 6. The van der Waals surface area contributed by atoms with Crippen LogP contribution in [0.5, 0.6) is 0 Å². The monoisotopic (exact) mass is 339 g/mol. The van der Waals surface area contributed by atoms with Crippen LogP contribution in [0.3, 0.4) is 0 Å². The third-order valence-corrected chi connectivity index (χ3v) is 4.57. The molecule has 0 aromatic heterocycles. The maximum absolute atomic E-state index is 12.3. The van der Waals surface area contributed by atoms with Crippen LogP contribution in [0.15, 0.2) is 18.2 Å². The van der Waals surface area contributed by atoms with Gasteiger partial charge in [0.1, 0.15) is 0 Å². The molecule has 2 rings (SSSR count). The Bertz CT molecular complexity index is 499. The van der Waals surface area contributed by atoms with Gasteiger partial charge in [0.25, 0.3) is 0 Å². The molecular formula is C18H30ClN3O. The first-order valence-electron chi connectivity index (χ1n) is 8.39. The highest BCUT2D eigenvalue weighted by Gasteiger charge is 2.20. The summed E-state index contributed by atoms with van der Waals surface area (Å²) in [5.74, 6) is 0.864. The van der Waals surface area contributed by atoms with Gasteiger partial charge in [0, 0.05) is 5.69 Å². The van der Waals surface area contributed by atoms with Crippen molar-refractivity contribution < 1.29 is 4.79 Å². The molecule has 130 valence electrons. The summed E-state index contributed by atoms with van der Waals surface area (Å²) in [6.45, 7) is 7.81. The SMILES string of the molecule is CCc1cccc(C)c1NC(=O)CN1CCC(CNC)CC1.Cl. The van der Waals surface area contributed by atoms with E-state index in [9.17, 15) is 4.79 Å². The highest BCUT2D eigenvalue weighted by molar-refractivity contribution is 5.93. The van der Waals surface area contributed by atoms with E-state index in [4.69, 9.17) is 0 Å². The van der Waals surface area contributed by atoms with Crippen molar-refractivity contribution in [3.05, 3.63) is 29.3 Å². The summed E-state index contributed by atoms with van der Waals surface area (Å²) >= 11 is 0. The molecule has 1 aromatic carbocycles. The number of anilines is 1. The van der Waals surface area contributed by atoms with Gasteiger partial charge in [0.2, 0.25) is 5.91 Å². The van der Waals surface area contributed by atoms with Crippen molar-refractivity contribution >= 4 is 24.0 Å². The van der Waals surface area contributed by atoms with Gasteiger partial charge in [-0.2, -0.15) is 0 Å². The van der Waals surface area contributed by atoms with E-state index in [0.717, 1.165) is 43.2 Å². The Hall–Kier alpha value is -1.10. The molecule has 1 aromatic rings. The zero-order valence-corrected chi connectivity index (χ0v) is 15.3. The second kappa shape index (κ2) is 9.91. The first kappa shape index (κ1) is 19.9. The number of aryl methyl sites for hydroxylation is 2. The van der Waals surface area contributed by atoms with Gasteiger partial charge in [0.05, 0.1) is 6.54 Å². The highest BCUT2D eigenvalue weighted by Crippen LogP contribution is 2.21. The molecule has 1 amide bonds. The third kappa shape index (κ3) is 5.79. The molecule has 5 heteroatoms. The van der Waals surface area contributed by atoms with Crippen LogP contribution in [0.2, 0.25) is 0 Å². The minimum Gasteiger partial charge on any atom is -0.324 e. The topological polar surface area (TPSA) is 44.4 Å². The number of para-hydroxylation sites is 1. The van der Waals surface area contributed by atoms with Crippen LogP contribution in [-0.4, -0.2) is 44.0 Å². The number of hydrogen-bond donors (Lipinski definition) is 2. The first-order valence-corrected chi connectivity index (χ1v) is 8.39. The summed E-state index contributed by atoms with van der Waals surface area (Å²) in [6.07, 6.45) is 3.30. The summed E-state index contributed by atoms with van der Waals surface area (Å²) in [6, 6.07) is 6.19. The Kier molecular flexibility index (Phi) is 8.59. The van der Waals surface area contributed by atoms with E-state index in [1.54, 1.807) is 0 Å². The number of benzene rings is 1. The number of nitrogens with zero attached hydrogens (tertiary/aromatic N) is 1. The quantitative estimate of drug-likeness (QED) is 0.837. The molecule has 0 atom stereocenters. The van der Waals surface area contributed by atoms with Gasteiger partial charge >= 0.3 is 0 Å². The number of likely N-dealkylation sites (tertiary alicyclic amines) is 1. The smallest absolute Gasteiger partial charge is 0.238 e. The molecule has 0 unspecified atom stereocenters. The van der Waals surface area contributed by atoms with Crippen molar-refractivity contribution in [2.75, 3.05) is 38.5 Å². The van der Waals surface area contributed by atoms with Gasteiger partial charge in [-0.15, -0.1) is 12.4 Å². The second-order valence-electron chi connectivity index (χ2n) is 6.29. The van der Waals surface area contributed by atoms with E-state index in [1.165, 1.54) is 18.4 Å². The first-order chi connectivity index (χ1) is 10.6. The maximum Gasteiger partial charge on any atom is 0.238 e. The number of carbonyl (C=O) groups is 1. The maximum atomic E-state index is 12.3. The Labute approximate surface area is 146 Å². The third-order valence-electron chi connectivity index (χ3n) is 4.57. The molecule has 4 nitrogen and oxygen atoms in total. The van der Waals surface area contributed by atoms with E-state index < -0.39 is 0 Å². The van der Waals surface area contributed by atoms with E-state index in [-0.39, 0.29) is 18.3 Å². The van der Waals surface area contributed by atoms with Crippen molar-refractivity contribution in [2.24, 2.45) is 5.92 Å². The molecule has 0 saturated carbocycles. The summed E-state index contributed by atoms with van der Waals surface area (Å²) in [7, 11) is 2.01. The molecule has 1 saturated heterocycles. The molecule has 23 heavy (non-hydrogen) atoms. The lowest BCUT2D eigenvalue weighted by Gasteiger charge is -2.31. The van der Waals surface area contributed by atoms with Crippen LogP contribution in [0, 0.1) is 12.8 Å². The van der Waals surface area contributed by atoms with Gasteiger partial charge in [-0.25, -0.2) is 0 Å². The highest BCUT2D eigenvalue weighted by atomic mass is 35.5. The molecule has 0 spiro atoms. The fourth-order valence-electron chi connectivity index (χ4n) is 3.22. The molecule has 1 aliphatic rings. The summed E-state index contributed by atoms with van der Waals surface area (Å²) in [5, 5.41) is 6.37. The van der Waals surface area contributed by atoms with E-state index in [2.05, 4.69) is 47.6 Å². The Balaban J connectivity index is 0.00000264. The number of piperidine rings is 1. The minimum atomic E-state index is 0. The molecular weight excluding hydrogens is 310 g/mol. The van der Waals surface area contributed by atoms with E-state index >= 15 is 0 Å². The Morgan fingerprint density at radius 3 is 2.61 bits per heavy atom. The van der Waals surface area contributed by atoms with Crippen molar-refractivity contribution in [1.82, 2.24) is 10.2 Å². The van der Waals surface area contributed by atoms with Crippen molar-refractivity contribution in [1.29, 1.82) is 0 Å². The largest absolute Gasteiger partial charge is 0.324 e. The molecule has 0 aliphatic carbocycles. The van der Waals surface area contributed by atoms with Gasteiger partial charge in [-0.3, -0.25) is 9.69 Å². The lowest BCUT2D eigenvalue weighted by Crippen LogP contribution is -2.41. The minimum absolute atomic E-state index is 0. The molecule has 1 aliphatic heterocycles.